The van der Waals surface area contributed by atoms with Crippen molar-refractivity contribution in [2.45, 2.75) is 39.8 Å². The van der Waals surface area contributed by atoms with Crippen molar-refractivity contribution in [2.75, 3.05) is 20.8 Å². The van der Waals surface area contributed by atoms with Crippen molar-refractivity contribution >= 4 is 0 Å². The topological polar surface area (TPSA) is 48.3 Å². The van der Waals surface area contributed by atoms with E-state index in [1.165, 1.54) is 0 Å². The normalized spacial score (nSPS) is 15.3. The number of methoxy groups -OCH3 is 1. The number of nitrogens with zero attached hydrogens (tertiary/aromatic N) is 2. The molecule has 0 aliphatic carbocycles. The van der Waals surface area contributed by atoms with Crippen LogP contribution in [-0.2, 0) is 11.8 Å². The van der Waals surface area contributed by atoms with Crippen LogP contribution in [0.15, 0.2) is 6.20 Å². The third-order valence-corrected chi connectivity index (χ3v) is 3.28. The zero-order valence-electron chi connectivity index (χ0n) is 13.2. The second-order valence-electron chi connectivity index (χ2n) is 5.73. The van der Waals surface area contributed by atoms with Crippen molar-refractivity contribution in [2.24, 2.45) is 12.5 Å². The highest BCUT2D eigenvalue weighted by molar-refractivity contribution is 5.29. The molecule has 0 saturated heterocycles. The smallest absolute Gasteiger partial charge is 0.161 e. The molecule has 0 aliphatic rings. The number of hydrogen-bond donors (Lipinski definition) is 1. The second kappa shape index (κ2) is 6.39. The fraction of sp³-hybridized carbons (Fsp3) is 0.786. The Labute approximate surface area is 116 Å². The van der Waals surface area contributed by atoms with Gasteiger partial charge in [0.05, 0.1) is 31.1 Å². The molecule has 5 nitrogen and oxygen atoms in total. The molecule has 1 N–H and O–H groups in total. The highest BCUT2D eigenvalue weighted by atomic mass is 16.5. The van der Waals surface area contributed by atoms with Crippen LogP contribution in [0.25, 0.3) is 0 Å². The molecular formula is C14H27N3O2. The molecule has 110 valence electrons. The third-order valence-electron chi connectivity index (χ3n) is 3.28. The monoisotopic (exact) mass is 269 g/mol. The van der Waals surface area contributed by atoms with Crippen molar-refractivity contribution in [1.29, 1.82) is 0 Å². The number of ether oxygens (including phenoxy) is 2. The third kappa shape index (κ3) is 3.48. The van der Waals surface area contributed by atoms with Crippen LogP contribution in [0.5, 0.6) is 5.75 Å². The van der Waals surface area contributed by atoms with Gasteiger partial charge in [-0.25, -0.2) is 0 Å². The average molecular weight is 269 g/mol. The van der Waals surface area contributed by atoms with Crippen LogP contribution in [0, 0.1) is 5.41 Å². The molecule has 1 heterocycles. The Hall–Kier alpha value is -1.07. The summed E-state index contributed by atoms with van der Waals surface area (Å²) in [5.41, 5.74) is 1.03. The summed E-state index contributed by atoms with van der Waals surface area (Å²) in [6.45, 7) is 9.24. The number of hydrogen-bond acceptors (Lipinski definition) is 4. The van der Waals surface area contributed by atoms with Crippen LogP contribution in [0.1, 0.15) is 39.4 Å². The van der Waals surface area contributed by atoms with Gasteiger partial charge in [0.25, 0.3) is 0 Å². The Morgan fingerprint density at radius 1 is 1.42 bits per heavy atom. The predicted molar refractivity (Wildman–Crippen MR) is 76.4 cm³/mol. The van der Waals surface area contributed by atoms with Gasteiger partial charge in [-0.15, -0.1) is 0 Å². The highest BCUT2D eigenvalue weighted by Crippen LogP contribution is 2.36. The maximum atomic E-state index is 5.98. The van der Waals surface area contributed by atoms with Crippen LogP contribution in [0.4, 0.5) is 0 Å². The molecular weight excluding hydrogens is 242 g/mol. The Kier molecular flexibility index (Phi) is 5.38. The summed E-state index contributed by atoms with van der Waals surface area (Å²) >= 11 is 0. The number of aryl methyl sites for hydroxylation is 1. The number of nitrogens with one attached hydrogen (secondary N) is 1. The fourth-order valence-corrected chi connectivity index (χ4v) is 2.40. The van der Waals surface area contributed by atoms with Gasteiger partial charge in [-0.05, 0) is 19.4 Å². The molecule has 0 radical (unpaired) electrons. The molecule has 5 heteroatoms. The van der Waals surface area contributed by atoms with Gasteiger partial charge in [-0.1, -0.05) is 20.8 Å². The predicted octanol–water partition coefficient (Wildman–Crippen LogP) is 2.14. The van der Waals surface area contributed by atoms with E-state index < -0.39 is 0 Å². The second-order valence-corrected chi connectivity index (χ2v) is 5.73. The molecule has 1 rings (SSSR count). The van der Waals surface area contributed by atoms with Gasteiger partial charge in [0.1, 0.15) is 0 Å². The maximum absolute atomic E-state index is 5.98. The van der Waals surface area contributed by atoms with E-state index in [2.05, 4.69) is 31.2 Å². The molecule has 1 aromatic rings. The van der Waals surface area contributed by atoms with Gasteiger partial charge >= 0.3 is 0 Å². The summed E-state index contributed by atoms with van der Waals surface area (Å²) in [6, 6.07) is 0.0300. The lowest BCUT2D eigenvalue weighted by Crippen LogP contribution is -2.42. The molecule has 2 atom stereocenters. The van der Waals surface area contributed by atoms with Gasteiger partial charge in [0, 0.05) is 13.7 Å². The SMILES string of the molecule is CCOC(C(NC)c1c(OC)cnn1C)C(C)(C)C. The zero-order chi connectivity index (χ0) is 14.6. The van der Waals surface area contributed by atoms with E-state index in [0.29, 0.717) is 6.61 Å². The summed E-state index contributed by atoms with van der Waals surface area (Å²) in [6.07, 6.45) is 1.78. The van der Waals surface area contributed by atoms with E-state index in [1.54, 1.807) is 13.3 Å². The van der Waals surface area contributed by atoms with E-state index >= 15 is 0 Å². The number of aromatic nitrogens is 2. The average Bonchev–Trinajstić information content (AvgIpc) is 2.70. The Bertz CT molecular complexity index is 396. The van der Waals surface area contributed by atoms with Gasteiger partial charge in [-0.2, -0.15) is 5.10 Å². The molecule has 1 aromatic heterocycles. The number of rotatable bonds is 6. The molecule has 0 amide bonds. The van der Waals surface area contributed by atoms with E-state index in [9.17, 15) is 0 Å². The largest absolute Gasteiger partial charge is 0.493 e. The summed E-state index contributed by atoms with van der Waals surface area (Å²) in [7, 11) is 5.53. The first-order chi connectivity index (χ1) is 8.86. The molecule has 0 saturated carbocycles. The lowest BCUT2D eigenvalue weighted by molar-refractivity contribution is -0.0370. The van der Waals surface area contributed by atoms with Crippen LogP contribution in [-0.4, -0.2) is 36.6 Å². The summed E-state index contributed by atoms with van der Waals surface area (Å²) < 4.78 is 13.2. The van der Waals surface area contributed by atoms with Gasteiger partial charge in [0.2, 0.25) is 0 Å². The van der Waals surface area contributed by atoms with E-state index in [1.807, 2.05) is 25.7 Å². The van der Waals surface area contributed by atoms with Crippen LogP contribution < -0.4 is 10.1 Å². The van der Waals surface area contributed by atoms with E-state index in [0.717, 1.165) is 11.4 Å². The molecule has 0 aromatic carbocycles. The standard InChI is InChI=1S/C14H27N3O2/c1-8-19-13(14(2,3)4)11(15-5)12-10(18-7)9-16-17(12)6/h9,11,13,15H,8H2,1-7H3. The quantitative estimate of drug-likeness (QED) is 0.859. The van der Waals surface area contributed by atoms with Crippen LogP contribution >= 0.6 is 0 Å². The first kappa shape index (κ1) is 16.0. The summed E-state index contributed by atoms with van der Waals surface area (Å²) in [5.74, 6) is 0.788. The molecule has 19 heavy (non-hydrogen) atoms. The summed E-state index contributed by atoms with van der Waals surface area (Å²) in [4.78, 5) is 0. The minimum absolute atomic E-state index is 0.0129. The first-order valence-corrected chi connectivity index (χ1v) is 6.71. The van der Waals surface area contributed by atoms with Gasteiger partial charge < -0.3 is 14.8 Å². The van der Waals surface area contributed by atoms with Gasteiger partial charge in [0.15, 0.2) is 5.75 Å². The van der Waals surface area contributed by atoms with Crippen molar-refractivity contribution in [3.05, 3.63) is 11.9 Å². The van der Waals surface area contributed by atoms with Crippen molar-refractivity contribution < 1.29 is 9.47 Å². The van der Waals surface area contributed by atoms with E-state index in [-0.39, 0.29) is 17.6 Å². The molecule has 0 bridgehead atoms. The first-order valence-electron chi connectivity index (χ1n) is 6.71. The minimum atomic E-state index is 0.0129. The Morgan fingerprint density at radius 3 is 2.47 bits per heavy atom. The van der Waals surface area contributed by atoms with Crippen LogP contribution in [0.3, 0.4) is 0 Å². The molecule has 0 spiro atoms. The maximum Gasteiger partial charge on any atom is 0.161 e. The molecule has 0 aliphatic heterocycles. The zero-order valence-corrected chi connectivity index (χ0v) is 13.2. The fourth-order valence-electron chi connectivity index (χ4n) is 2.40. The Morgan fingerprint density at radius 2 is 2.05 bits per heavy atom. The van der Waals surface area contributed by atoms with Crippen LogP contribution in [0.2, 0.25) is 0 Å². The van der Waals surface area contributed by atoms with E-state index in [4.69, 9.17) is 9.47 Å². The lowest BCUT2D eigenvalue weighted by Gasteiger charge is -2.36. The number of likely N-dealkylation sites (N-methyl/N-ethyl adjacent to an activating group) is 1. The summed E-state index contributed by atoms with van der Waals surface area (Å²) in [5, 5.41) is 7.62. The lowest BCUT2D eigenvalue weighted by atomic mass is 9.83. The van der Waals surface area contributed by atoms with Crippen molar-refractivity contribution in [1.82, 2.24) is 15.1 Å². The van der Waals surface area contributed by atoms with Gasteiger partial charge in [-0.3, -0.25) is 4.68 Å². The molecule has 0 fully saturated rings. The Balaban J connectivity index is 3.19. The molecule has 2 unspecified atom stereocenters. The van der Waals surface area contributed by atoms with Crippen molar-refractivity contribution in [3.63, 3.8) is 0 Å². The van der Waals surface area contributed by atoms with Crippen molar-refractivity contribution in [3.8, 4) is 5.75 Å². The minimum Gasteiger partial charge on any atom is -0.493 e. The highest BCUT2D eigenvalue weighted by Gasteiger charge is 2.36.